The average molecular weight is 511 g/mol. The minimum atomic E-state index is -3.80. The van der Waals surface area contributed by atoms with E-state index in [0.29, 0.717) is 22.6 Å². The Hall–Kier alpha value is -3.84. The van der Waals surface area contributed by atoms with E-state index in [1.165, 1.54) is 24.3 Å². The summed E-state index contributed by atoms with van der Waals surface area (Å²) >= 11 is 0. The van der Waals surface area contributed by atoms with E-state index >= 15 is 0 Å². The van der Waals surface area contributed by atoms with Gasteiger partial charge in [0.05, 0.1) is 27.4 Å². The van der Waals surface area contributed by atoms with Gasteiger partial charge in [0.15, 0.2) is 0 Å². The SMILES string of the molecule is Cc1ccc(-c2nn(-c3ccc(S(N)(=O)=O)cc3)cc2/C=N/Nc2ccc(S(N)(=O)=O)cc2)cc1. The molecule has 180 valence electrons. The average Bonchev–Trinajstić information content (AvgIpc) is 3.23. The lowest BCUT2D eigenvalue weighted by molar-refractivity contribution is 0.596. The number of sulfonamides is 2. The molecule has 5 N–H and O–H groups in total. The molecule has 0 fully saturated rings. The predicted molar refractivity (Wildman–Crippen MR) is 134 cm³/mol. The lowest BCUT2D eigenvalue weighted by atomic mass is 10.1. The maximum Gasteiger partial charge on any atom is 0.238 e. The molecule has 0 aliphatic rings. The van der Waals surface area contributed by atoms with E-state index in [1.807, 2.05) is 31.2 Å². The topological polar surface area (TPSA) is 163 Å². The summed E-state index contributed by atoms with van der Waals surface area (Å²) in [6, 6.07) is 19.8. The van der Waals surface area contributed by atoms with Gasteiger partial charge in [-0.15, -0.1) is 0 Å². The molecule has 0 bridgehead atoms. The van der Waals surface area contributed by atoms with Gasteiger partial charge in [-0.3, -0.25) is 5.43 Å². The Balaban J connectivity index is 1.65. The highest BCUT2D eigenvalue weighted by Gasteiger charge is 2.13. The van der Waals surface area contributed by atoms with Crippen LogP contribution in [0.25, 0.3) is 16.9 Å². The van der Waals surface area contributed by atoms with Crippen molar-refractivity contribution in [3.05, 3.63) is 90.1 Å². The second kappa shape index (κ2) is 9.43. The maximum absolute atomic E-state index is 11.5. The van der Waals surface area contributed by atoms with Crippen molar-refractivity contribution in [3.63, 3.8) is 0 Å². The van der Waals surface area contributed by atoms with Gasteiger partial charge in [-0.2, -0.15) is 10.2 Å². The number of nitrogens with zero attached hydrogens (tertiary/aromatic N) is 3. The van der Waals surface area contributed by atoms with Crippen molar-refractivity contribution < 1.29 is 16.8 Å². The highest BCUT2D eigenvalue weighted by atomic mass is 32.2. The lowest BCUT2D eigenvalue weighted by Gasteiger charge is -2.03. The van der Waals surface area contributed by atoms with Gasteiger partial charge in [-0.1, -0.05) is 29.8 Å². The number of anilines is 1. The molecule has 12 heteroatoms. The Labute approximate surface area is 203 Å². The van der Waals surface area contributed by atoms with Crippen LogP contribution in [0.5, 0.6) is 0 Å². The van der Waals surface area contributed by atoms with Crippen molar-refractivity contribution in [1.29, 1.82) is 0 Å². The Morgan fingerprint density at radius 2 is 1.37 bits per heavy atom. The molecular formula is C23H22N6O4S2. The maximum atomic E-state index is 11.5. The van der Waals surface area contributed by atoms with Crippen LogP contribution in [0.4, 0.5) is 5.69 Å². The fourth-order valence-electron chi connectivity index (χ4n) is 3.23. The Kier molecular flexibility index (Phi) is 6.54. The first kappa shape index (κ1) is 24.3. The van der Waals surface area contributed by atoms with Crippen LogP contribution in [-0.4, -0.2) is 32.8 Å². The third-order valence-electron chi connectivity index (χ3n) is 5.08. The summed E-state index contributed by atoms with van der Waals surface area (Å²) < 4.78 is 47.5. The van der Waals surface area contributed by atoms with Gasteiger partial charge in [-0.05, 0) is 55.5 Å². The minimum absolute atomic E-state index is 0.00316. The molecule has 10 nitrogen and oxygen atoms in total. The fourth-order valence-corrected chi connectivity index (χ4v) is 4.26. The molecule has 0 saturated heterocycles. The molecule has 1 aromatic heterocycles. The molecule has 4 rings (SSSR count). The number of nitrogens with two attached hydrogens (primary N) is 2. The Morgan fingerprint density at radius 3 is 1.91 bits per heavy atom. The van der Waals surface area contributed by atoms with Gasteiger partial charge >= 0.3 is 0 Å². The molecule has 0 unspecified atom stereocenters. The third kappa shape index (κ3) is 5.81. The molecule has 0 atom stereocenters. The second-order valence-corrected chi connectivity index (χ2v) is 10.8. The predicted octanol–water partition coefficient (Wildman–Crippen LogP) is 2.59. The molecule has 35 heavy (non-hydrogen) atoms. The van der Waals surface area contributed by atoms with Crippen LogP contribution < -0.4 is 15.7 Å². The number of aryl methyl sites for hydroxylation is 1. The van der Waals surface area contributed by atoms with Crippen molar-refractivity contribution in [3.8, 4) is 16.9 Å². The minimum Gasteiger partial charge on any atom is -0.279 e. The zero-order chi connectivity index (χ0) is 25.2. The van der Waals surface area contributed by atoms with Crippen LogP contribution in [0.2, 0.25) is 0 Å². The van der Waals surface area contributed by atoms with E-state index < -0.39 is 20.0 Å². The molecule has 0 saturated carbocycles. The second-order valence-electron chi connectivity index (χ2n) is 7.72. The lowest BCUT2D eigenvalue weighted by Crippen LogP contribution is -2.12. The van der Waals surface area contributed by atoms with Crippen molar-refractivity contribution in [2.45, 2.75) is 16.7 Å². The quantitative estimate of drug-likeness (QED) is 0.256. The molecular weight excluding hydrogens is 488 g/mol. The number of primary sulfonamides is 2. The van der Waals surface area contributed by atoms with Crippen LogP contribution >= 0.6 is 0 Å². The summed E-state index contributed by atoms with van der Waals surface area (Å²) in [6.07, 6.45) is 3.35. The molecule has 0 amide bonds. The number of nitrogens with one attached hydrogen (secondary N) is 1. The molecule has 4 aromatic rings. The van der Waals surface area contributed by atoms with Crippen LogP contribution in [-0.2, 0) is 20.0 Å². The van der Waals surface area contributed by atoms with E-state index in [1.54, 1.807) is 41.4 Å². The standard InChI is InChI=1S/C23H22N6O4S2/c1-16-2-4-17(5-3-16)23-18(14-26-27-19-6-10-21(11-7-19)34(24,30)31)15-29(28-23)20-8-12-22(13-9-20)35(25,32)33/h2-15,27H,1H3,(H2,24,30,31)(H2,25,32,33)/b26-14+. The number of aromatic nitrogens is 2. The van der Waals surface area contributed by atoms with Crippen LogP contribution in [0.3, 0.4) is 0 Å². The van der Waals surface area contributed by atoms with Gasteiger partial charge in [0.25, 0.3) is 0 Å². The first-order valence-electron chi connectivity index (χ1n) is 10.2. The summed E-state index contributed by atoms with van der Waals surface area (Å²) in [5.74, 6) is 0. The molecule has 1 heterocycles. The Bertz CT molecular complexity index is 1590. The van der Waals surface area contributed by atoms with Gasteiger partial charge in [0.2, 0.25) is 20.0 Å². The zero-order valence-corrected chi connectivity index (χ0v) is 20.2. The van der Waals surface area contributed by atoms with E-state index in [-0.39, 0.29) is 9.79 Å². The summed E-state index contributed by atoms with van der Waals surface area (Å²) in [5.41, 5.74) is 7.38. The summed E-state index contributed by atoms with van der Waals surface area (Å²) in [5, 5.41) is 19.2. The molecule has 0 spiro atoms. The van der Waals surface area contributed by atoms with E-state index in [4.69, 9.17) is 10.3 Å². The van der Waals surface area contributed by atoms with E-state index in [2.05, 4.69) is 15.6 Å². The molecule has 0 aliphatic carbocycles. The normalized spacial score (nSPS) is 12.2. The van der Waals surface area contributed by atoms with Gasteiger partial charge in [0, 0.05) is 17.3 Å². The molecule has 3 aromatic carbocycles. The monoisotopic (exact) mass is 510 g/mol. The zero-order valence-electron chi connectivity index (χ0n) is 18.5. The number of hydrogen-bond donors (Lipinski definition) is 3. The highest BCUT2D eigenvalue weighted by Crippen LogP contribution is 2.24. The first-order valence-corrected chi connectivity index (χ1v) is 13.3. The highest BCUT2D eigenvalue weighted by molar-refractivity contribution is 7.89. The number of benzene rings is 3. The third-order valence-corrected chi connectivity index (χ3v) is 6.94. The van der Waals surface area contributed by atoms with Gasteiger partial charge in [-0.25, -0.2) is 31.8 Å². The van der Waals surface area contributed by atoms with Gasteiger partial charge in [0.1, 0.15) is 5.69 Å². The number of rotatable bonds is 7. The van der Waals surface area contributed by atoms with Crippen LogP contribution in [0.15, 0.2) is 93.9 Å². The smallest absolute Gasteiger partial charge is 0.238 e. The molecule has 0 radical (unpaired) electrons. The van der Waals surface area contributed by atoms with E-state index in [0.717, 1.165) is 11.1 Å². The van der Waals surface area contributed by atoms with Crippen molar-refractivity contribution in [2.75, 3.05) is 5.43 Å². The summed E-state index contributed by atoms with van der Waals surface area (Å²) in [6.45, 7) is 1.99. The van der Waals surface area contributed by atoms with Crippen molar-refractivity contribution >= 4 is 31.9 Å². The van der Waals surface area contributed by atoms with Crippen molar-refractivity contribution in [2.24, 2.45) is 15.4 Å². The first-order chi connectivity index (χ1) is 16.5. The van der Waals surface area contributed by atoms with Crippen molar-refractivity contribution in [1.82, 2.24) is 9.78 Å². The summed E-state index contributed by atoms with van der Waals surface area (Å²) in [4.78, 5) is 0.00928. The van der Waals surface area contributed by atoms with Crippen LogP contribution in [0.1, 0.15) is 11.1 Å². The number of hydrazone groups is 1. The van der Waals surface area contributed by atoms with Crippen LogP contribution in [0, 0.1) is 6.92 Å². The number of hydrogen-bond acceptors (Lipinski definition) is 7. The van der Waals surface area contributed by atoms with E-state index in [9.17, 15) is 16.8 Å². The fraction of sp³-hybridized carbons (Fsp3) is 0.0435. The van der Waals surface area contributed by atoms with Gasteiger partial charge < -0.3 is 0 Å². The molecule has 0 aliphatic heterocycles. The summed E-state index contributed by atoms with van der Waals surface area (Å²) in [7, 11) is -7.58. The Morgan fingerprint density at radius 1 is 0.829 bits per heavy atom. The largest absolute Gasteiger partial charge is 0.279 e.